The van der Waals surface area contributed by atoms with Crippen LogP contribution in [0.4, 0.5) is 0 Å². The van der Waals surface area contributed by atoms with Crippen LogP contribution in [0.1, 0.15) is 0 Å². The Hall–Kier alpha value is -2.64. The highest BCUT2D eigenvalue weighted by molar-refractivity contribution is 8.00. The molecule has 2 aliphatic heterocycles. The van der Waals surface area contributed by atoms with Crippen LogP contribution < -0.4 is 5.46 Å². The lowest BCUT2D eigenvalue weighted by Gasteiger charge is -2.31. The van der Waals surface area contributed by atoms with Crippen LogP contribution in [-0.2, 0) is 0 Å². The molecule has 4 nitrogen and oxygen atoms in total. The van der Waals surface area contributed by atoms with Gasteiger partial charge in [-0.2, -0.15) is 0 Å². The predicted molar refractivity (Wildman–Crippen MR) is 110 cm³/mol. The summed E-state index contributed by atoms with van der Waals surface area (Å²) in [5, 5.41) is 2.09. The number of nitrogens with zero attached hydrogens (tertiary/aromatic N) is 4. The molecule has 27 heavy (non-hydrogen) atoms. The van der Waals surface area contributed by atoms with Gasteiger partial charge in [0.1, 0.15) is 0 Å². The zero-order valence-corrected chi connectivity index (χ0v) is 15.7. The number of aromatic nitrogens is 4. The molecule has 0 N–H and O–H groups in total. The molecule has 0 saturated carbocycles. The average Bonchev–Trinajstić information content (AvgIpc) is 3.25. The molecule has 0 radical (unpaired) electrons. The summed E-state index contributed by atoms with van der Waals surface area (Å²) in [6.07, 6.45) is 0. The van der Waals surface area contributed by atoms with Crippen molar-refractivity contribution in [3.05, 3.63) is 66.7 Å². The molecule has 0 atom stereocenters. The number of rotatable bonds is 0. The maximum absolute atomic E-state index is 4.93. The van der Waals surface area contributed by atoms with Crippen LogP contribution in [0.3, 0.4) is 0 Å². The number of imidazole rings is 2. The number of benzene rings is 3. The van der Waals surface area contributed by atoms with Crippen molar-refractivity contribution in [2.45, 2.75) is 20.1 Å². The van der Waals surface area contributed by atoms with Gasteiger partial charge in [0.05, 0.1) is 22.1 Å². The molecule has 0 bridgehead atoms. The van der Waals surface area contributed by atoms with E-state index in [4.69, 9.17) is 9.97 Å². The van der Waals surface area contributed by atoms with Gasteiger partial charge < -0.3 is 8.96 Å². The number of hydrogen-bond acceptors (Lipinski definition) is 4. The molecule has 0 saturated heterocycles. The summed E-state index contributed by atoms with van der Waals surface area (Å²) in [5.41, 5.74) is 5.78. The quantitative estimate of drug-likeness (QED) is 0.370. The fraction of sp³-hybridized carbons (Fsp3) is 0. The van der Waals surface area contributed by atoms with Crippen molar-refractivity contribution in [3.63, 3.8) is 0 Å². The van der Waals surface area contributed by atoms with Crippen LogP contribution >= 0.6 is 23.5 Å². The first-order valence-electron chi connectivity index (χ1n) is 8.81. The van der Waals surface area contributed by atoms with Crippen LogP contribution in [0.2, 0.25) is 0 Å². The van der Waals surface area contributed by atoms with Gasteiger partial charge in [-0.05, 0) is 41.9 Å². The summed E-state index contributed by atoms with van der Waals surface area (Å²) in [5.74, 6) is 0. The second-order valence-corrected chi connectivity index (χ2v) is 8.77. The van der Waals surface area contributed by atoms with E-state index in [0.29, 0.717) is 0 Å². The molecule has 2 aliphatic rings. The molecule has 0 aliphatic carbocycles. The molecule has 0 unspecified atom stereocenters. The highest BCUT2D eigenvalue weighted by Gasteiger charge is 2.42. The monoisotopic (exact) mass is 382 g/mol. The third-order valence-electron chi connectivity index (χ3n) is 5.30. The lowest BCUT2D eigenvalue weighted by Crippen LogP contribution is -2.51. The lowest BCUT2D eigenvalue weighted by molar-refractivity contribution is 0.888. The molecular formula is C20H11BN4S2. The minimum atomic E-state index is 0.0449. The first-order chi connectivity index (χ1) is 13.4. The van der Waals surface area contributed by atoms with Crippen molar-refractivity contribution in [3.8, 4) is 0 Å². The maximum Gasteiger partial charge on any atom is 0.426 e. The zero-order chi connectivity index (χ0) is 17.5. The van der Waals surface area contributed by atoms with Gasteiger partial charge in [-0.3, -0.25) is 0 Å². The molecule has 7 rings (SSSR count). The Balaban J connectivity index is 1.66. The molecule has 0 spiro atoms. The van der Waals surface area contributed by atoms with E-state index in [0.717, 1.165) is 21.3 Å². The van der Waals surface area contributed by atoms with Gasteiger partial charge in [-0.1, -0.05) is 53.9 Å². The fourth-order valence-corrected chi connectivity index (χ4v) is 6.47. The molecule has 3 aromatic carbocycles. The van der Waals surface area contributed by atoms with Crippen molar-refractivity contribution in [1.82, 2.24) is 18.9 Å². The van der Waals surface area contributed by atoms with Gasteiger partial charge in [0.25, 0.3) is 0 Å². The Morgan fingerprint density at radius 2 is 1.15 bits per heavy atom. The smallest absolute Gasteiger partial charge is 0.338 e. The Morgan fingerprint density at radius 3 is 1.70 bits per heavy atom. The van der Waals surface area contributed by atoms with E-state index in [1.807, 2.05) is 0 Å². The van der Waals surface area contributed by atoms with E-state index >= 15 is 0 Å². The zero-order valence-electron chi connectivity index (χ0n) is 14.0. The van der Waals surface area contributed by atoms with E-state index in [9.17, 15) is 0 Å². The van der Waals surface area contributed by atoms with E-state index < -0.39 is 0 Å². The van der Waals surface area contributed by atoms with Crippen molar-refractivity contribution >= 4 is 58.0 Å². The van der Waals surface area contributed by atoms with Gasteiger partial charge in [0, 0.05) is 9.79 Å². The van der Waals surface area contributed by atoms with Crippen molar-refractivity contribution in [2.24, 2.45) is 0 Å². The molecular weight excluding hydrogens is 371 g/mol. The van der Waals surface area contributed by atoms with Crippen molar-refractivity contribution in [1.29, 1.82) is 0 Å². The topological polar surface area (TPSA) is 35.6 Å². The molecule has 2 aromatic heterocycles. The predicted octanol–water partition coefficient (Wildman–Crippen LogP) is 4.11. The van der Waals surface area contributed by atoms with Crippen LogP contribution in [0, 0.1) is 0 Å². The fourth-order valence-electron chi connectivity index (χ4n) is 4.19. The summed E-state index contributed by atoms with van der Waals surface area (Å²) in [6.45, 7) is 0.0449. The second kappa shape index (κ2) is 5.00. The number of hydrogen-bond donors (Lipinski definition) is 0. The summed E-state index contributed by atoms with van der Waals surface area (Å²) < 4.78 is 4.76. The third-order valence-corrected chi connectivity index (χ3v) is 7.40. The summed E-state index contributed by atoms with van der Waals surface area (Å²) in [4.78, 5) is 12.4. The van der Waals surface area contributed by atoms with Crippen molar-refractivity contribution in [2.75, 3.05) is 0 Å². The van der Waals surface area contributed by atoms with E-state index in [1.165, 1.54) is 26.3 Å². The van der Waals surface area contributed by atoms with Gasteiger partial charge in [-0.15, -0.1) is 0 Å². The first-order valence-corrected chi connectivity index (χ1v) is 10.4. The lowest BCUT2D eigenvalue weighted by atomic mass is 9.66. The highest BCUT2D eigenvalue weighted by Crippen LogP contribution is 2.42. The normalized spacial score (nSPS) is 14.3. The largest absolute Gasteiger partial charge is 0.426 e. The highest BCUT2D eigenvalue weighted by atomic mass is 32.2. The molecule has 126 valence electrons. The van der Waals surface area contributed by atoms with E-state index in [1.54, 1.807) is 23.5 Å². The third kappa shape index (κ3) is 1.78. The summed E-state index contributed by atoms with van der Waals surface area (Å²) in [6, 6.07) is 23.4. The van der Waals surface area contributed by atoms with E-state index in [-0.39, 0.29) is 6.98 Å². The Morgan fingerprint density at radius 1 is 0.630 bits per heavy atom. The Bertz CT molecular complexity index is 1300. The minimum Gasteiger partial charge on any atom is -0.338 e. The van der Waals surface area contributed by atoms with Crippen LogP contribution in [0.25, 0.3) is 22.1 Å². The van der Waals surface area contributed by atoms with Crippen LogP contribution in [-0.4, -0.2) is 25.9 Å². The maximum atomic E-state index is 4.93. The summed E-state index contributed by atoms with van der Waals surface area (Å²) >= 11 is 3.53. The average molecular weight is 382 g/mol. The van der Waals surface area contributed by atoms with Crippen molar-refractivity contribution < 1.29 is 0 Å². The summed E-state index contributed by atoms with van der Waals surface area (Å²) in [7, 11) is 0. The molecule has 4 heterocycles. The Labute approximate surface area is 163 Å². The Kier molecular flexibility index (Phi) is 2.67. The van der Waals surface area contributed by atoms with Gasteiger partial charge in [-0.25, -0.2) is 9.97 Å². The SMILES string of the molecule is c1cc2c3c(c1)Sc1nc4ccccc4n1B3n1c(nc3ccccc31)S2. The van der Waals surface area contributed by atoms with Crippen LogP contribution in [0.5, 0.6) is 0 Å². The molecule has 0 amide bonds. The minimum absolute atomic E-state index is 0.0449. The molecule has 7 heteroatoms. The van der Waals surface area contributed by atoms with Gasteiger partial charge >= 0.3 is 6.98 Å². The van der Waals surface area contributed by atoms with Gasteiger partial charge in [0.2, 0.25) is 0 Å². The van der Waals surface area contributed by atoms with Gasteiger partial charge in [0.15, 0.2) is 10.3 Å². The van der Waals surface area contributed by atoms with E-state index in [2.05, 4.69) is 75.7 Å². The number of para-hydroxylation sites is 4. The first kappa shape index (κ1) is 14.4. The molecule has 5 aromatic rings. The van der Waals surface area contributed by atoms with Crippen LogP contribution in [0.15, 0.2) is 86.8 Å². The number of fused-ring (bicyclic) bond motifs is 8. The second-order valence-electron chi connectivity index (χ2n) is 6.75. The standard InChI is InChI=1S/C20H11BN4S2/c1-3-8-14-12(6-1)22-19-24(14)21-18-16(26-19)10-5-11-17(18)27-20-23-13-7-2-4-9-15(13)25(20)21/h1-11H. The molecule has 0 fully saturated rings.